The number of hydrogen-bond donors (Lipinski definition) is 1. The molecule has 1 aromatic rings. The summed E-state index contributed by atoms with van der Waals surface area (Å²) in [5.74, 6) is 0.186. The Hall–Kier alpha value is -1.36. The van der Waals surface area contributed by atoms with E-state index in [1.54, 1.807) is 0 Å². The topological polar surface area (TPSA) is 49.4 Å². The molecule has 0 bridgehead atoms. The summed E-state index contributed by atoms with van der Waals surface area (Å²) in [5, 5.41) is 2.85. The molecule has 1 N–H and O–H groups in total. The van der Waals surface area contributed by atoms with Gasteiger partial charge in [-0.15, -0.1) is 0 Å². The minimum atomic E-state index is 0.0341. The van der Waals surface area contributed by atoms with Gasteiger partial charge in [-0.05, 0) is 47.8 Å². The van der Waals surface area contributed by atoms with Crippen molar-refractivity contribution in [1.82, 2.24) is 10.2 Å². The van der Waals surface area contributed by atoms with Crippen molar-refractivity contribution in [2.24, 2.45) is 5.92 Å². The third kappa shape index (κ3) is 3.39. The fourth-order valence-electron chi connectivity index (χ4n) is 2.47. The fraction of sp³-hybridized carbons (Fsp3) is 0.467. The zero-order valence-electron chi connectivity index (χ0n) is 11.6. The van der Waals surface area contributed by atoms with Gasteiger partial charge in [0, 0.05) is 30.0 Å². The van der Waals surface area contributed by atoms with E-state index in [0.717, 1.165) is 17.3 Å². The van der Waals surface area contributed by atoms with E-state index in [0.29, 0.717) is 25.2 Å². The first-order valence-corrected chi connectivity index (χ1v) is 7.74. The molecule has 5 heteroatoms. The van der Waals surface area contributed by atoms with E-state index in [2.05, 4.69) is 21.2 Å². The van der Waals surface area contributed by atoms with E-state index in [9.17, 15) is 9.59 Å². The number of likely N-dealkylation sites (tertiary alicyclic amines) is 1. The largest absolute Gasteiger partial charge is 0.356 e. The predicted octanol–water partition coefficient (Wildman–Crippen LogP) is 2.44. The summed E-state index contributed by atoms with van der Waals surface area (Å²) in [6, 6.07) is 7.44. The molecule has 1 heterocycles. The predicted molar refractivity (Wildman–Crippen MR) is 81.5 cm³/mol. The number of rotatable bonds is 3. The lowest BCUT2D eigenvalue weighted by Crippen LogP contribution is -2.43. The van der Waals surface area contributed by atoms with Crippen LogP contribution in [0.3, 0.4) is 0 Å². The number of nitrogens with zero attached hydrogens (tertiary/aromatic N) is 1. The van der Waals surface area contributed by atoms with Gasteiger partial charge in [0.1, 0.15) is 0 Å². The van der Waals surface area contributed by atoms with Gasteiger partial charge in [-0.2, -0.15) is 0 Å². The average Bonchev–Trinajstić information content (AvgIpc) is 2.47. The van der Waals surface area contributed by atoms with Gasteiger partial charge >= 0.3 is 0 Å². The molecule has 2 amide bonds. The number of carbonyl (C=O) groups is 2. The van der Waals surface area contributed by atoms with E-state index in [-0.39, 0.29) is 17.7 Å². The quantitative estimate of drug-likeness (QED) is 0.920. The molecule has 1 aliphatic rings. The number of nitrogens with one attached hydrogen (secondary N) is 1. The summed E-state index contributed by atoms with van der Waals surface area (Å²) >= 11 is 3.41. The molecule has 20 heavy (non-hydrogen) atoms. The third-order valence-electron chi connectivity index (χ3n) is 3.61. The molecule has 108 valence electrons. The Labute approximate surface area is 127 Å². The molecule has 1 aliphatic heterocycles. The summed E-state index contributed by atoms with van der Waals surface area (Å²) in [4.78, 5) is 26.0. The van der Waals surface area contributed by atoms with Crippen molar-refractivity contribution < 1.29 is 9.59 Å². The molecule has 0 saturated carbocycles. The van der Waals surface area contributed by atoms with Gasteiger partial charge in [-0.3, -0.25) is 9.59 Å². The van der Waals surface area contributed by atoms with Crippen LogP contribution in [-0.4, -0.2) is 36.3 Å². The first kappa shape index (κ1) is 15.0. The maximum atomic E-state index is 12.4. The Kier molecular flexibility index (Phi) is 5.17. The van der Waals surface area contributed by atoms with Crippen LogP contribution in [0.15, 0.2) is 28.7 Å². The number of benzene rings is 1. The van der Waals surface area contributed by atoms with Gasteiger partial charge in [-0.25, -0.2) is 0 Å². The van der Waals surface area contributed by atoms with Gasteiger partial charge in [0.2, 0.25) is 5.91 Å². The number of carbonyl (C=O) groups excluding carboxylic acids is 2. The second-order valence-electron chi connectivity index (χ2n) is 4.94. The summed E-state index contributed by atoms with van der Waals surface area (Å²) in [6.07, 6.45) is 1.48. The Morgan fingerprint density at radius 2 is 1.95 bits per heavy atom. The van der Waals surface area contributed by atoms with Crippen molar-refractivity contribution in [3.63, 3.8) is 0 Å². The highest BCUT2D eigenvalue weighted by Crippen LogP contribution is 2.22. The third-order valence-corrected chi connectivity index (χ3v) is 4.30. The Bertz CT molecular complexity index is 496. The summed E-state index contributed by atoms with van der Waals surface area (Å²) in [5.41, 5.74) is 0.684. The number of hydrogen-bond acceptors (Lipinski definition) is 2. The summed E-state index contributed by atoms with van der Waals surface area (Å²) in [6.45, 7) is 3.86. The molecule has 1 fully saturated rings. The van der Waals surface area contributed by atoms with Crippen molar-refractivity contribution >= 4 is 27.7 Å². The van der Waals surface area contributed by atoms with Crippen LogP contribution in [0.1, 0.15) is 30.1 Å². The van der Waals surface area contributed by atoms with Crippen molar-refractivity contribution in [3.8, 4) is 0 Å². The van der Waals surface area contributed by atoms with Crippen molar-refractivity contribution in [2.45, 2.75) is 19.8 Å². The van der Waals surface area contributed by atoms with E-state index < -0.39 is 0 Å². The van der Waals surface area contributed by atoms with Crippen LogP contribution in [0.2, 0.25) is 0 Å². The van der Waals surface area contributed by atoms with Crippen LogP contribution < -0.4 is 5.32 Å². The Balaban J connectivity index is 1.96. The van der Waals surface area contributed by atoms with E-state index >= 15 is 0 Å². The van der Waals surface area contributed by atoms with Crippen molar-refractivity contribution in [1.29, 1.82) is 0 Å². The minimum Gasteiger partial charge on any atom is -0.356 e. The molecular formula is C15H19BrN2O2. The molecule has 0 atom stereocenters. The van der Waals surface area contributed by atoms with Crippen molar-refractivity contribution in [2.75, 3.05) is 19.6 Å². The van der Waals surface area contributed by atoms with Crippen LogP contribution in [0, 0.1) is 5.92 Å². The van der Waals surface area contributed by atoms with E-state index in [1.165, 1.54) is 0 Å². The number of amides is 2. The van der Waals surface area contributed by atoms with Crippen molar-refractivity contribution in [3.05, 3.63) is 34.3 Å². The Morgan fingerprint density at radius 3 is 2.55 bits per heavy atom. The lowest BCUT2D eigenvalue weighted by Gasteiger charge is -2.31. The van der Waals surface area contributed by atoms with Crippen LogP contribution >= 0.6 is 15.9 Å². The molecular weight excluding hydrogens is 320 g/mol. The second-order valence-corrected chi connectivity index (χ2v) is 5.80. The molecule has 0 aromatic heterocycles. The molecule has 0 aliphatic carbocycles. The molecule has 0 unspecified atom stereocenters. The molecule has 4 nitrogen and oxygen atoms in total. The number of piperidine rings is 1. The average molecular weight is 339 g/mol. The zero-order valence-corrected chi connectivity index (χ0v) is 13.1. The molecule has 2 rings (SSSR count). The van der Waals surface area contributed by atoms with Gasteiger partial charge in [0.15, 0.2) is 0 Å². The monoisotopic (exact) mass is 338 g/mol. The molecule has 1 saturated heterocycles. The summed E-state index contributed by atoms with van der Waals surface area (Å²) < 4.78 is 0.816. The smallest absolute Gasteiger partial charge is 0.254 e. The van der Waals surface area contributed by atoms with Crippen LogP contribution in [0.25, 0.3) is 0 Å². The molecule has 0 spiro atoms. The lowest BCUT2D eigenvalue weighted by atomic mass is 9.95. The maximum absolute atomic E-state index is 12.4. The summed E-state index contributed by atoms with van der Waals surface area (Å²) in [7, 11) is 0. The van der Waals surface area contributed by atoms with Crippen LogP contribution in [0.4, 0.5) is 0 Å². The highest BCUT2D eigenvalue weighted by molar-refractivity contribution is 9.10. The van der Waals surface area contributed by atoms with Gasteiger partial charge in [0.05, 0.1) is 5.56 Å². The highest BCUT2D eigenvalue weighted by atomic mass is 79.9. The van der Waals surface area contributed by atoms with Gasteiger partial charge in [-0.1, -0.05) is 12.1 Å². The standard InChI is InChI=1S/C15H19BrN2O2/c1-2-17-14(19)11-7-9-18(10-8-11)15(20)12-5-3-4-6-13(12)16/h3-6,11H,2,7-10H2,1H3,(H,17,19). The molecule has 1 aromatic carbocycles. The van der Waals surface area contributed by atoms with Crippen LogP contribution in [-0.2, 0) is 4.79 Å². The highest BCUT2D eigenvalue weighted by Gasteiger charge is 2.27. The zero-order chi connectivity index (χ0) is 14.5. The van der Waals surface area contributed by atoms with E-state index in [4.69, 9.17) is 0 Å². The van der Waals surface area contributed by atoms with Gasteiger partial charge in [0.25, 0.3) is 5.91 Å². The Morgan fingerprint density at radius 1 is 1.30 bits per heavy atom. The minimum absolute atomic E-state index is 0.0341. The van der Waals surface area contributed by atoms with Crippen LogP contribution in [0.5, 0.6) is 0 Å². The second kappa shape index (κ2) is 6.88. The van der Waals surface area contributed by atoms with E-state index in [1.807, 2.05) is 36.1 Å². The first-order valence-electron chi connectivity index (χ1n) is 6.95. The first-order chi connectivity index (χ1) is 9.63. The lowest BCUT2D eigenvalue weighted by molar-refractivity contribution is -0.126. The SMILES string of the molecule is CCNC(=O)C1CCN(C(=O)c2ccccc2Br)CC1. The molecule has 0 radical (unpaired) electrons. The fourth-order valence-corrected chi connectivity index (χ4v) is 2.92. The van der Waals surface area contributed by atoms with Gasteiger partial charge < -0.3 is 10.2 Å². The normalized spacial score (nSPS) is 16.0. The number of halogens is 1. The maximum Gasteiger partial charge on any atom is 0.254 e.